The molecule has 1 saturated heterocycles. The standard InChI is InChI=1S/C22H32O5/c1-5-19-21(3,27-22(26-19)12-6-7-13-22)20(16(2)14-23)25-15-17-8-10-18(24-4)11-9-17/h8-11,14,16,19-20H,5-7,12-13,15H2,1-4H3/t16-,19+,20+,21+/m0/s1. The Hall–Kier alpha value is -1.43. The van der Waals surface area contributed by atoms with E-state index in [2.05, 4.69) is 6.92 Å². The average molecular weight is 376 g/mol. The van der Waals surface area contributed by atoms with Crippen LogP contribution in [0.15, 0.2) is 24.3 Å². The van der Waals surface area contributed by atoms with Crippen LogP contribution < -0.4 is 4.74 Å². The third kappa shape index (κ3) is 4.05. The number of rotatable bonds is 8. The second-order valence-electron chi connectivity index (χ2n) is 7.99. The van der Waals surface area contributed by atoms with Crippen molar-refractivity contribution < 1.29 is 23.7 Å². The maximum Gasteiger partial charge on any atom is 0.169 e. The third-order valence-electron chi connectivity index (χ3n) is 5.98. The van der Waals surface area contributed by atoms with Crippen molar-refractivity contribution in [2.45, 2.75) is 83.1 Å². The molecule has 2 fully saturated rings. The molecule has 1 aliphatic heterocycles. The number of benzene rings is 1. The molecule has 2 aliphatic rings. The molecule has 1 saturated carbocycles. The zero-order valence-electron chi connectivity index (χ0n) is 16.9. The zero-order valence-corrected chi connectivity index (χ0v) is 16.9. The highest BCUT2D eigenvalue weighted by atomic mass is 16.8. The minimum atomic E-state index is -0.647. The quantitative estimate of drug-likeness (QED) is 0.634. The van der Waals surface area contributed by atoms with Gasteiger partial charge in [0.1, 0.15) is 17.6 Å². The Morgan fingerprint density at radius 2 is 1.93 bits per heavy atom. The summed E-state index contributed by atoms with van der Waals surface area (Å²) < 4.78 is 24.5. The van der Waals surface area contributed by atoms with Crippen LogP contribution in [0.2, 0.25) is 0 Å². The Morgan fingerprint density at radius 3 is 2.48 bits per heavy atom. The number of carbonyl (C=O) groups is 1. The SMILES string of the molecule is CC[C@H]1OC2(CCCC2)O[C@@]1(C)[C@H](OCc1ccc(OC)cc1)[C@@H](C)C=O. The van der Waals surface area contributed by atoms with Crippen LogP contribution in [-0.2, 0) is 25.6 Å². The van der Waals surface area contributed by atoms with E-state index in [1.54, 1.807) is 7.11 Å². The van der Waals surface area contributed by atoms with Crippen molar-refractivity contribution in [1.29, 1.82) is 0 Å². The van der Waals surface area contributed by atoms with E-state index in [9.17, 15) is 4.79 Å². The molecule has 5 nitrogen and oxygen atoms in total. The van der Waals surface area contributed by atoms with Crippen LogP contribution in [0.5, 0.6) is 5.75 Å². The lowest BCUT2D eigenvalue weighted by Crippen LogP contribution is -2.52. The molecule has 5 heteroatoms. The summed E-state index contributed by atoms with van der Waals surface area (Å²) in [6.45, 7) is 6.46. The van der Waals surface area contributed by atoms with Crippen molar-refractivity contribution in [3.05, 3.63) is 29.8 Å². The van der Waals surface area contributed by atoms with Crippen molar-refractivity contribution in [2.24, 2.45) is 5.92 Å². The Balaban J connectivity index is 1.79. The summed E-state index contributed by atoms with van der Waals surface area (Å²) in [5, 5.41) is 0. The molecule has 0 unspecified atom stereocenters. The summed E-state index contributed by atoms with van der Waals surface area (Å²) in [4.78, 5) is 11.7. The Kier molecular flexibility index (Phi) is 6.24. The van der Waals surface area contributed by atoms with Gasteiger partial charge in [-0.05, 0) is 43.9 Å². The summed E-state index contributed by atoms with van der Waals surface area (Å²) >= 11 is 0. The third-order valence-corrected chi connectivity index (χ3v) is 5.98. The summed E-state index contributed by atoms with van der Waals surface area (Å²) in [7, 11) is 1.65. The predicted octanol–water partition coefficient (Wildman–Crippen LogP) is 4.27. The molecule has 150 valence electrons. The van der Waals surface area contributed by atoms with Crippen LogP contribution in [0.4, 0.5) is 0 Å². The topological polar surface area (TPSA) is 54.0 Å². The van der Waals surface area contributed by atoms with Crippen molar-refractivity contribution in [1.82, 2.24) is 0 Å². The number of carbonyl (C=O) groups excluding carboxylic acids is 1. The van der Waals surface area contributed by atoms with E-state index in [1.807, 2.05) is 38.1 Å². The largest absolute Gasteiger partial charge is 0.497 e. The van der Waals surface area contributed by atoms with Gasteiger partial charge in [-0.3, -0.25) is 0 Å². The first-order chi connectivity index (χ1) is 13.0. The first-order valence-electron chi connectivity index (χ1n) is 10.0. The molecule has 4 atom stereocenters. The van der Waals surface area contributed by atoms with Crippen LogP contribution >= 0.6 is 0 Å². The zero-order chi connectivity index (χ0) is 19.5. The van der Waals surface area contributed by atoms with Gasteiger partial charge >= 0.3 is 0 Å². The number of hydrogen-bond donors (Lipinski definition) is 0. The molecule has 1 spiro atoms. The lowest BCUT2D eigenvalue weighted by molar-refractivity contribution is -0.210. The second-order valence-corrected chi connectivity index (χ2v) is 7.99. The van der Waals surface area contributed by atoms with E-state index in [4.69, 9.17) is 18.9 Å². The maximum absolute atomic E-state index is 11.7. The Bertz CT molecular complexity index is 622. The van der Waals surface area contributed by atoms with Crippen molar-refractivity contribution in [3.8, 4) is 5.75 Å². The van der Waals surface area contributed by atoms with E-state index in [0.29, 0.717) is 6.61 Å². The fourth-order valence-electron chi connectivity index (χ4n) is 4.55. The van der Waals surface area contributed by atoms with E-state index in [0.717, 1.165) is 49.7 Å². The Labute approximate surface area is 162 Å². The second kappa shape index (κ2) is 8.29. The average Bonchev–Trinajstić information content (AvgIpc) is 3.25. The van der Waals surface area contributed by atoms with E-state index in [-0.39, 0.29) is 18.1 Å². The van der Waals surface area contributed by atoms with Gasteiger partial charge in [0.25, 0.3) is 0 Å². The minimum Gasteiger partial charge on any atom is -0.497 e. The normalized spacial score (nSPS) is 29.0. The number of ether oxygens (including phenoxy) is 4. The van der Waals surface area contributed by atoms with Gasteiger partial charge in [0.15, 0.2) is 5.79 Å². The fraction of sp³-hybridized carbons (Fsp3) is 0.682. The summed E-state index contributed by atoms with van der Waals surface area (Å²) in [6.07, 6.45) is 5.40. The fourth-order valence-corrected chi connectivity index (χ4v) is 4.55. The first kappa shape index (κ1) is 20.3. The van der Waals surface area contributed by atoms with Gasteiger partial charge in [0.2, 0.25) is 0 Å². The van der Waals surface area contributed by atoms with Crippen molar-refractivity contribution in [3.63, 3.8) is 0 Å². The van der Waals surface area contributed by atoms with E-state index >= 15 is 0 Å². The molecule has 0 amide bonds. The number of hydrogen-bond acceptors (Lipinski definition) is 5. The molecule has 3 rings (SSSR count). The molecular weight excluding hydrogens is 344 g/mol. The monoisotopic (exact) mass is 376 g/mol. The first-order valence-corrected chi connectivity index (χ1v) is 10.0. The highest BCUT2D eigenvalue weighted by Gasteiger charge is 2.59. The van der Waals surface area contributed by atoms with Crippen molar-refractivity contribution >= 4 is 6.29 Å². The van der Waals surface area contributed by atoms with Gasteiger partial charge in [-0.2, -0.15) is 0 Å². The molecule has 0 aromatic heterocycles. The highest BCUT2D eigenvalue weighted by molar-refractivity contribution is 5.54. The van der Waals surface area contributed by atoms with Gasteiger partial charge in [-0.15, -0.1) is 0 Å². The molecule has 0 N–H and O–H groups in total. The predicted molar refractivity (Wildman–Crippen MR) is 103 cm³/mol. The van der Waals surface area contributed by atoms with Crippen LogP contribution in [-0.4, -0.2) is 37.0 Å². The van der Waals surface area contributed by atoms with Gasteiger partial charge in [-0.1, -0.05) is 26.0 Å². The van der Waals surface area contributed by atoms with Gasteiger partial charge in [-0.25, -0.2) is 0 Å². The van der Waals surface area contributed by atoms with Crippen LogP contribution in [0.1, 0.15) is 58.4 Å². The van der Waals surface area contributed by atoms with Gasteiger partial charge < -0.3 is 23.7 Å². The lowest BCUT2D eigenvalue weighted by Gasteiger charge is -2.38. The summed E-state index contributed by atoms with van der Waals surface area (Å²) in [5.74, 6) is 0.0208. The van der Waals surface area contributed by atoms with Crippen LogP contribution in [0, 0.1) is 5.92 Å². The summed E-state index contributed by atoms with van der Waals surface area (Å²) in [5.41, 5.74) is 0.386. The van der Waals surface area contributed by atoms with Crippen molar-refractivity contribution in [2.75, 3.05) is 7.11 Å². The molecule has 27 heavy (non-hydrogen) atoms. The molecule has 1 aromatic carbocycles. The molecule has 1 heterocycles. The summed E-state index contributed by atoms with van der Waals surface area (Å²) in [6, 6.07) is 7.78. The van der Waals surface area contributed by atoms with E-state index in [1.165, 1.54) is 0 Å². The van der Waals surface area contributed by atoms with Gasteiger partial charge in [0.05, 0.1) is 25.9 Å². The molecule has 1 aliphatic carbocycles. The Morgan fingerprint density at radius 1 is 1.26 bits per heavy atom. The molecule has 1 aromatic rings. The minimum absolute atomic E-state index is 0.0844. The smallest absolute Gasteiger partial charge is 0.169 e. The molecule has 0 bridgehead atoms. The number of aldehydes is 1. The lowest BCUT2D eigenvalue weighted by atomic mass is 9.84. The number of methoxy groups -OCH3 is 1. The van der Waals surface area contributed by atoms with Crippen LogP contribution in [0.25, 0.3) is 0 Å². The molecular formula is C22H32O5. The van der Waals surface area contributed by atoms with Crippen LogP contribution in [0.3, 0.4) is 0 Å². The maximum atomic E-state index is 11.7. The molecule has 0 radical (unpaired) electrons. The van der Waals surface area contributed by atoms with Gasteiger partial charge in [0, 0.05) is 18.8 Å². The highest BCUT2D eigenvalue weighted by Crippen LogP contribution is 2.49. The van der Waals surface area contributed by atoms with E-state index < -0.39 is 11.4 Å².